The van der Waals surface area contributed by atoms with E-state index in [9.17, 15) is 10.2 Å². The summed E-state index contributed by atoms with van der Waals surface area (Å²) in [4.78, 5) is 0. The molecule has 2 nitrogen and oxygen atoms in total. The lowest BCUT2D eigenvalue weighted by atomic mass is 9.67. The molecule has 2 heteroatoms. The van der Waals surface area contributed by atoms with Crippen LogP contribution in [0.4, 0.5) is 0 Å². The number of hydrogen-bond donors (Lipinski definition) is 2. The van der Waals surface area contributed by atoms with Crippen LogP contribution in [-0.4, -0.2) is 22.4 Å². The van der Waals surface area contributed by atoms with Gasteiger partial charge in [0.1, 0.15) is 0 Å². The van der Waals surface area contributed by atoms with Gasteiger partial charge >= 0.3 is 0 Å². The first kappa shape index (κ1) is 35.3. The Balaban J connectivity index is 1.90. The monoisotopic (exact) mass is 568 g/mol. The van der Waals surface area contributed by atoms with E-state index in [1.165, 1.54) is 39.0 Å². The third-order valence-electron chi connectivity index (χ3n) is 8.33. The van der Waals surface area contributed by atoms with E-state index in [1.54, 1.807) is 0 Å². The van der Waals surface area contributed by atoms with Crippen LogP contribution in [0.15, 0.2) is 130 Å². The van der Waals surface area contributed by atoms with Crippen LogP contribution < -0.4 is 0 Å². The fraction of sp³-hybridized carbons (Fsp3) is 0.450. The van der Waals surface area contributed by atoms with Gasteiger partial charge in [0.15, 0.2) is 0 Å². The van der Waals surface area contributed by atoms with E-state index in [0.29, 0.717) is 5.92 Å². The maximum Gasteiger partial charge on any atom is 0.0729 e. The van der Waals surface area contributed by atoms with Gasteiger partial charge in [0.25, 0.3) is 0 Å². The summed E-state index contributed by atoms with van der Waals surface area (Å²) in [6, 6.07) is 0. The van der Waals surface area contributed by atoms with Crippen molar-refractivity contribution in [1.82, 2.24) is 0 Å². The van der Waals surface area contributed by atoms with Crippen molar-refractivity contribution in [2.24, 2.45) is 16.7 Å². The molecule has 0 fully saturated rings. The zero-order valence-corrected chi connectivity index (χ0v) is 27.9. The minimum absolute atomic E-state index is 0.00528. The minimum Gasteiger partial charge on any atom is -0.393 e. The van der Waals surface area contributed by atoms with Crippen LogP contribution in [0.1, 0.15) is 88.5 Å². The highest BCUT2D eigenvalue weighted by Gasteiger charge is 2.34. The average Bonchev–Trinajstić information content (AvgIpc) is 2.84. The Hall–Kier alpha value is -2.94. The van der Waals surface area contributed by atoms with Gasteiger partial charge in [-0.25, -0.2) is 0 Å². The van der Waals surface area contributed by atoms with Crippen LogP contribution in [0.25, 0.3) is 0 Å². The fourth-order valence-electron chi connectivity index (χ4n) is 6.14. The molecule has 0 aliphatic heterocycles. The summed E-state index contributed by atoms with van der Waals surface area (Å²) < 4.78 is 0. The fourth-order valence-corrected chi connectivity index (χ4v) is 6.14. The summed E-state index contributed by atoms with van der Waals surface area (Å²) in [5.41, 5.74) is 8.73. The average molecular weight is 569 g/mol. The van der Waals surface area contributed by atoms with E-state index in [1.807, 2.05) is 6.08 Å². The Kier molecular flexibility index (Phi) is 13.5. The third-order valence-corrected chi connectivity index (χ3v) is 8.33. The Morgan fingerprint density at radius 1 is 0.714 bits per heavy atom. The quantitative estimate of drug-likeness (QED) is 0.203. The molecule has 228 valence electrons. The Morgan fingerprint density at radius 2 is 1.21 bits per heavy atom. The topological polar surface area (TPSA) is 40.5 Å². The van der Waals surface area contributed by atoms with Crippen molar-refractivity contribution in [3.8, 4) is 0 Å². The van der Waals surface area contributed by atoms with E-state index < -0.39 is 0 Å². The van der Waals surface area contributed by atoms with Gasteiger partial charge in [0.05, 0.1) is 12.2 Å². The van der Waals surface area contributed by atoms with Crippen LogP contribution in [0, 0.1) is 16.7 Å². The van der Waals surface area contributed by atoms with Crippen molar-refractivity contribution in [3.63, 3.8) is 0 Å². The van der Waals surface area contributed by atoms with Crippen LogP contribution in [-0.2, 0) is 0 Å². The van der Waals surface area contributed by atoms with Gasteiger partial charge in [-0.2, -0.15) is 0 Å². The molecule has 3 atom stereocenters. The highest BCUT2D eigenvalue weighted by molar-refractivity contribution is 5.38. The molecule has 0 bridgehead atoms. The molecule has 0 spiro atoms. The molecule has 2 aliphatic carbocycles. The first-order valence-electron chi connectivity index (χ1n) is 15.4. The van der Waals surface area contributed by atoms with Crippen LogP contribution in [0.3, 0.4) is 0 Å². The largest absolute Gasteiger partial charge is 0.393 e. The van der Waals surface area contributed by atoms with E-state index >= 15 is 0 Å². The predicted octanol–water partition coefficient (Wildman–Crippen LogP) is 10.4. The maximum absolute atomic E-state index is 10.1. The van der Waals surface area contributed by atoms with Crippen LogP contribution >= 0.6 is 0 Å². The van der Waals surface area contributed by atoms with Crippen molar-refractivity contribution >= 4 is 0 Å². The summed E-state index contributed by atoms with van der Waals surface area (Å²) in [7, 11) is 0. The zero-order chi connectivity index (χ0) is 31.5. The number of allylic oxidation sites excluding steroid dienone is 20. The summed E-state index contributed by atoms with van der Waals surface area (Å²) in [6.45, 7) is 21.6. The summed E-state index contributed by atoms with van der Waals surface area (Å²) >= 11 is 0. The van der Waals surface area contributed by atoms with Crippen LogP contribution in [0.5, 0.6) is 0 Å². The van der Waals surface area contributed by atoms with Crippen molar-refractivity contribution in [2.75, 3.05) is 0 Å². The summed E-state index contributed by atoms with van der Waals surface area (Å²) in [5.74, 6) is 0.348. The molecular weight excluding hydrogens is 512 g/mol. The Bertz CT molecular complexity index is 1270. The lowest BCUT2D eigenvalue weighted by Crippen LogP contribution is -2.32. The minimum atomic E-state index is -0.331. The van der Waals surface area contributed by atoms with Crippen LogP contribution in [0.2, 0.25) is 0 Å². The van der Waals surface area contributed by atoms with Gasteiger partial charge in [-0.3, -0.25) is 0 Å². The molecule has 2 N–H and O–H groups in total. The summed E-state index contributed by atoms with van der Waals surface area (Å²) in [5, 5.41) is 20.2. The molecule has 2 aliphatic rings. The van der Waals surface area contributed by atoms with Crippen molar-refractivity contribution < 1.29 is 10.2 Å². The first-order valence-corrected chi connectivity index (χ1v) is 15.4. The second-order valence-electron chi connectivity index (χ2n) is 13.7. The standard InChI is InChI=1S/C40H56O2/c1-29(17-13-19-31(3)21-23-37-33(5)25-35(41)27-39(37,7)8)15-11-12-16-30(2)18-14-20-32(4)22-24-38-34(6)26-36(42)28-40(38,9)10/h11-25,35-37,41-42H,26-28H2,1-10H3/b12-11+,17-13+,18-14+,23-21+,24-22+,29-15+,30-16+,31-19+,32-20+/t35-,36-,37-/m1/s1. The van der Waals surface area contributed by atoms with Gasteiger partial charge in [0.2, 0.25) is 0 Å². The number of hydrogen-bond acceptors (Lipinski definition) is 2. The second kappa shape index (κ2) is 16.1. The van der Waals surface area contributed by atoms with Gasteiger partial charge in [-0.15, -0.1) is 0 Å². The normalized spacial score (nSPS) is 26.6. The molecule has 0 aromatic rings. The first-order chi connectivity index (χ1) is 19.6. The number of aliphatic hydroxyl groups is 2. The lowest BCUT2D eigenvalue weighted by molar-refractivity contribution is 0.116. The predicted molar refractivity (Wildman–Crippen MR) is 184 cm³/mol. The zero-order valence-electron chi connectivity index (χ0n) is 27.9. The van der Waals surface area contributed by atoms with E-state index in [4.69, 9.17) is 0 Å². The van der Waals surface area contributed by atoms with Gasteiger partial charge in [0, 0.05) is 5.92 Å². The molecule has 0 aromatic heterocycles. The molecule has 0 heterocycles. The molecule has 0 unspecified atom stereocenters. The van der Waals surface area contributed by atoms with Gasteiger partial charge < -0.3 is 10.2 Å². The molecule has 0 amide bonds. The Morgan fingerprint density at radius 3 is 1.74 bits per heavy atom. The smallest absolute Gasteiger partial charge is 0.0729 e. The molecule has 0 aromatic carbocycles. The molecule has 42 heavy (non-hydrogen) atoms. The maximum atomic E-state index is 10.1. The number of rotatable bonds is 10. The van der Waals surface area contributed by atoms with E-state index in [2.05, 4.69) is 154 Å². The Labute approximate surface area is 257 Å². The molecule has 0 radical (unpaired) electrons. The van der Waals surface area contributed by atoms with Crippen molar-refractivity contribution in [1.29, 1.82) is 0 Å². The van der Waals surface area contributed by atoms with E-state index in [0.717, 1.165) is 19.3 Å². The lowest BCUT2D eigenvalue weighted by Gasteiger charge is -2.38. The number of aliphatic hydroxyl groups excluding tert-OH is 2. The molecular formula is C40H56O2. The van der Waals surface area contributed by atoms with Crippen molar-refractivity contribution in [2.45, 2.75) is 101 Å². The van der Waals surface area contributed by atoms with Gasteiger partial charge in [-0.1, -0.05) is 152 Å². The highest BCUT2D eigenvalue weighted by atomic mass is 16.3. The molecule has 0 saturated carbocycles. The SMILES string of the molecule is CC1=C[C@@H](O)CC(C)(C)[C@@H]1/C=C/C(C)=C/C=C/C(C)=C/C=C/C=C(C)/C=C/C=C(C)/C=C/C1=C(C)C[C@@H](O)CC1(C)C. The highest BCUT2D eigenvalue weighted by Crippen LogP contribution is 2.42. The third kappa shape index (κ3) is 11.7. The van der Waals surface area contributed by atoms with Crippen molar-refractivity contribution in [3.05, 3.63) is 130 Å². The van der Waals surface area contributed by atoms with E-state index in [-0.39, 0.29) is 23.0 Å². The molecule has 0 saturated heterocycles. The molecule has 2 rings (SSSR count). The van der Waals surface area contributed by atoms with Gasteiger partial charge in [-0.05, 0) is 77.2 Å². The second-order valence-corrected chi connectivity index (χ2v) is 13.7. The summed E-state index contributed by atoms with van der Waals surface area (Å²) in [6.07, 6.45) is 33.8.